The van der Waals surface area contributed by atoms with E-state index in [0.29, 0.717) is 6.04 Å². The van der Waals surface area contributed by atoms with Crippen LogP contribution in [0, 0.1) is 0 Å². The summed E-state index contributed by atoms with van der Waals surface area (Å²) in [6.45, 7) is 2.26. The van der Waals surface area contributed by atoms with Gasteiger partial charge in [0.2, 0.25) is 0 Å². The molecule has 0 radical (unpaired) electrons. The number of hydrogen-bond donors (Lipinski definition) is 1. The highest BCUT2D eigenvalue weighted by Gasteiger charge is 2.33. The van der Waals surface area contributed by atoms with Crippen molar-refractivity contribution in [3.63, 3.8) is 0 Å². The molecule has 0 bridgehead atoms. The van der Waals surface area contributed by atoms with Crippen LogP contribution in [0.2, 0.25) is 0 Å². The van der Waals surface area contributed by atoms with Gasteiger partial charge in [-0.15, -0.1) is 0 Å². The van der Waals surface area contributed by atoms with E-state index in [9.17, 15) is 0 Å². The van der Waals surface area contributed by atoms with E-state index in [2.05, 4.69) is 71.8 Å². The minimum atomic E-state index is 0.264. The third-order valence-electron chi connectivity index (χ3n) is 4.78. The smallest absolute Gasteiger partial charge is 0.132 e. The van der Waals surface area contributed by atoms with Gasteiger partial charge in [0.05, 0.1) is 17.6 Å². The Morgan fingerprint density at radius 3 is 2.59 bits per heavy atom. The molecule has 0 spiro atoms. The van der Waals surface area contributed by atoms with Crippen LogP contribution in [0.3, 0.4) is 0 Å². The second-order valence-electron chi connectivity index (χ2n) is 6.02. The van der Waals surface area contributed by atoms with E-state index >= 15 is 0 Å². The molecule has 1 aliphatic rings. The zero-order valence-electron chi connectivity index (χ0n) is 13.1. The molecular formula is C18H20N4. The highest BCUT2D eigenvalue weighted by Crippen LogP contribution is 2.40. The normalized spacial score (nSPS) is 20.4. The maximum Gasteiger partial charge on any atom is 0.132 e. The Labute approximate surface area is 130 Å². The van der Waals surface area contributed by atoms with Gasteiger partial charge in [-0.25, -0.2) is 0 Å². The number of likely N-dealkylation sites (N-methyl/N-ethyl adjacent to an activating group) is 1. The molecule has 0 amide bonds. The van der Waals surface area contributed by atoms with Gasteiger partial charge in [0.25, 0.3) is 0 Å². The summed E-state index contributed by atoms with van der Waals surface area (Å²) < 4.78 is 1.94. The summed E-state index contributed by atoms with van der Waals surface area (Å²) in [6, 6.07) is 17.5. The Morgan fingerprint density at radius 1 is 1.00 bits per heavy atom. The Kier molecular flexibility index (Phi) is 2.86. The quantitative estimate of drug-likeness (QED) is 0.784. The first-order valence-corrected chi connectivity index (χ1v) is 7.67. The van der Waals surface area contributed by atoms with Crippen molar-refractivity contribution in [2.75, 3.05) is 17.3 Å². The van der Waals surface area contributed by atoms with Gasteiger partial charge in [0.1, 0.15) is 5.82 Å². The van der Waals surface area contributed by atoms with Crippen LogP contribution in [0.4, 0.5) is 11.5 Å². The number of hydrogen-bond acceptors (Lipinski definition) is 3. The monoisotopic (exact) mass is 292 g/mol. The maximum atomic E-state index is 4.60. The van der Waals surface area contributed by atoms with Crippen molar-refractivity contribution in [2.45, 2.75) is 19.0 Å². The molecule has 0 saturated heterocycles. The lowest BCUT2D eigenvalue weighted by molar-refractivity contribution is 0.627. The van der Waals surface area contributed by atoms with E-state index in [4.69, 9.17) is 0 Å². The summed E-state index contributed by atoms with van der Waals surface area (Å²) in [6.07, 6.45) is 0. The van der Waals surface area contributed by atoms with Gasteiger partial charge >= 0.3 is 0 Å². The molecule has 2 atom stereocenters. The van der Waals surface area contributed by atoms with Crippen molar-refractivity contribution >= 4 is 22.4 Å². The number of nitrogens with zero attached hydrogens (tertiary/aromatic N) is 3. The van der Waals surface area contributed by atoms with Crippen molar-refractivity contribution in [3.05, 3.63) is 54.1 Å². The third-order valence-corrected chi connectivity index (χ3v) is 4.78. The molecular weight excluding hydrogens is 272 g/mol. The van der Waals surface area contributed by atoms with Gasteiger partial charge < -0.3 is 10.2 Å². The molecule has 3 aromatic rings. The van der Waals surface area contributed by atoms with E-state index in [0.717, 1.165) is 11.3 Å². The van der Waals surface area contributed by atoms with Crippen molar-refractivity contribution in [3.8, 4) is 0 Å². The summed E-state index contributed by atoms with van der Waals surface area (Å²) in [4.78, 5) is 2.34. The average molecular weight is 292 g/mol. The van der Waals surface area contributed by atoms with Gasteiger partial charge in [0, 0.05) is 25.2 Å². The molecule has 22 heavy (non-hydrogen) atoms. The Morgan fingerprint density at radius 2 is 1.73 bits per heavy atom. The van der Waals surface area contributed by atoms with E-state index in [1.54, 1.807) is 0 Å². The third kappa shape index (κ3) is 1.80. The lowest BCUT2D eigenvalue weighted by Gasteiger charge is -2.24. The molecule has 2 aromatic carbocycles. The first-order valence-electron chi connectivity index (χ1n) is 7.67. The van der Waals surface area contributed by atoms with Gasteiger partial charge in [-0.05, 0) is 30.7 Å². The number of anilines is 2. The summed E-state index contributed by atoms with van der Waals surface area (Å²) in [5.41, 5.74) is 3.68. The molecule has 4 heteroatoms. The van der Waals surface area contributed by atoms with E-state index in [-0.39, 0.29) is 6.04 Å². The Balaban J connectivity index is 1.78. The van der Waals surface area contributed by atoms with Crippen LogP contribution >= 0.6 is 0 Å². The fraction of sp³-hybridized carbons (Fsp3) is 0.278. The average Bonchev–Trinajstić information content (AvgIpc) is 2.98. The van der Waals surface area contributed by atoms with Crippen LogP contribution in [0.5, 0.6) is 0 Å². The van der Waals surface area contributed by atoms with Gasteiger partial charge in [-0.3, -0.25) is 4.68 Å². The number of para-hydroxylation sites is 1. The van der Waals surface area contributed by atoms with E-state index < -0.39 is 0 Å². The van der Waals surface area contributed by atoms with E-state index in [1.807, 2.05) is 17.8 Å². The van der Waals surface area contributed by atoms with Crippen molar-refractivity contribution in [2.24, 2.45) is 7.05 Å². The lowest BCUT2D eigenvalue weighted by atomic mass is 10.0. The lowest BCUT2D eigenvalue weighted by Crippen LogP contribution is -2.31. The summed E-state index contributed by atoms with van der Waals surface area (Å²) in [5, 5.41) is 9.49. The van der Waals surface area contributed by atoms with Crippen molar-refractivity contribution < 1.29 is 0 Å². The predicted molar refractivity (Wildman–Crippen MR) is 91.4 cm³/mol. The molecule has 112 valence electrons. The van der Waals surface area contributed by atoms with Crippen LogP contribution in [0.1, 0.15) is 18.5 Å². The van der Waals surface area contributed by atoms with Crippen LogP contribution in [0.15, 0.2) is 48.5 Å². The summed E-state index contributed by atoms with van der Waals surface area (Å²) in [5.74, 6) is 1.08. The SMILES string of the molecule is CC1C(Nc2c3ccccc3nn2C)c2ccccc2N1C. The van der Waals surface area contributed by atoms with Gasteiger partial charge in [-0.2, -0.15) is 5.10 Å². The fourth-order valence-corrected chi connectivity index (χ4v) is 3.44. The fourth-order valence-electron chi connectivity index (χ4n) is 3.44. The van der Waals surface area contributed by atoms with Gasteiger partial charge in [0.15, 0.2) is 0 Å². The highest BCUT2D eigenvalue weighted by molar-refractivity contribution is 5.90. The largest absolute Gasteiger partial charge is 0.369 e. The van der Waals surface area contributed by atoms with Crippen LogP contribution in [-0.4, -0.2) is 22.9 Å². The summed E-state index contributed by atoms with van der Waals surface area (Å²) in [7, 11) is 4.16. The number of nitrogens with one attached hydrogen (secondary N) is 1. The zero-order chi connectivity index (χ0) is 15.3. The number of aromatic nitrogens is 2. The number of benzene rings is 2. The minimum Gasteiger partial charge on any atom is -0.369 e. The van der Waals surface area contributed by atoms with Crippen molar-refractivity contribution in [1.29, 1.82) is 0 Å². The first-order chi connectivity index (χ1) is 10.7. The van der Waals surface area contributed by atoms with Crippen molar-refractivity contribution in [1.82, 2.24) is 9.78 Å². The minimum absolute atomic E-state index is 0.264. The van der Waals surface area contributed by atoms with E-state index in [1.165, 1.54) is 16.6 Å². The molecule has 4 rings (SSSR count). The Bertz CT molecular complexity index is 836. The van der Waals surface area contributed by atoms with Crippen LogP contribution in [-0.2, 0) is 7.05 Å². The first kappa shape index (κ1) is 13.2. The second-order valence-corrected chi connectivity index (χ2v) is 6.02. The molecule has 0 fully saturated rings. The van der Waals surface area contributed by atoms with Gasteiger partial charge in [-0.1, -0.05) is 30.3 Å². The van der Waals surface area contributed by atoms with Crippen LogP contribution < -0.4 is 10.2 Å². The molecule has 0 aliphatic carbocycles. The number of rotatable bonds is 2. The molecule has 0 saturated carbocycles. The Hall–Kier alpha value is -2.49. The molecule has 2 heterocycles. The number of fused-ring (bicyclic) bond motifs is 2. The highest BCUT2D eigenvalue weighted by atomic mass is 15.3. The topological polar surface area (TPSA) is 33.1 Å². The zero-order valence-corrected chi connectivity index (χ0v) is 13.1. The molecule has 2 unspecified atom stereocenters. The number of aryl methyl sites for hydroxylation is 1. The summed E-state index contributed by atoms with van der Waals surface area (Å²) >= 11 is 0. The molecule has 1 N–H and O–H groups in total. The second kappa shape index (κ2) is 4.77. The molecule has 1 aromatic heterocycles. The molecule has 4 nitrogen and oxygen atoms in total. The molecule has 1 aliphatic heterocycles. The standard InChI is InChI=1S/C18H20N4/c1-12-17(14-9-5-7-11-16(14)21(12)2)19-18-13-8-4-6-10-15(13)20-22(18)3/h4-12,17,19H,1-3H3. The maximum absolute atomic E-state index is 4.60. The predicted octanol–water partition coefficient (Wildman–Crippen LogP) is 3.56. The van der Waals surface area contributed by atoms with Crippen LogP contribution in [0.25, 0.3) is 10.9 Å².